The number of fused-ring (bicyclic) bond motifs is 3. The second-order valence-electron chi connectivity index (χ2n) is 9.86. The van der Waals surface area contributed by atoms with E-state index in [9.17, 15) is 9.90 Å². The first-order valence-corrected chi connectivity index (χ1v) is 12.3. The molecule has 0 spiro atoms. The minimum absolute atomic E-state index is 0.0586. The summed E-state index contributed by atoms with van der Waals surface area (Å²) in [6.07, 6.45) is 2.98. The van der Waals surface area contributed by atoms with Crippen molar-refractivity contribution in [2.75, 3.05) is 13.1 Å². The minimum atomic E-state index is -1.10. The number of aromatic nitrogens is 3. The van der Waals surface area contributed by atoms with Crippen LogP contribution in [-0.2, 0) is 16.8 Å². The van der Waals surface area contributed by atoms with Crippen LogP contribution in [0, 0.1) is 13.8 Å². The second kappa shape index (κ2) is 8.60. The van der Waals surface area contributed by atoms with Crippen molar-refractivity contribution in [2.24, 2.45) is 0 Å². The molecule has 5 aromatic rings. The molecule has 0 saturated carbocycles. The normalized spacial score (nSPS) is 15.6. The summed E-state index contributed by atoms with van der Waals surface area (Å²) in [5.74, 6) is 0.0586. The molecule has 3 heterocycles. The maximum absolute atomic E-state index is 13.1. The van der Waals surface area contributed by atoms with Gasteiger partial charge in [-0.2, -0.15) is 0 Å². The Hall–Kier alpha value is -3.97. The van der Waals surface area contributed by atoms with E-state index in [0.29, 0.717) is 38.0 Å². The third kappa shape index (κ3) is 3.95. The topological polar surface area (TPSA) is 84.4 Å². The summed E-state index contributed by atoms with van der Waals surface area (Å²) in [5.41, 5.74) is 5.26. The molecule has 1 saturated heterocycles. The first kappa shape index (κ1) is 22.5. The molecule has 7 nitrogen and oxygen atoms in total. The number of carbonyl (C=O) groups is 1. The predicted molar refractivity (Wildman–Crippen MR) is 138 cm³/mol. The Balaban J connectivity index is 1.14. The molecule has 1 fully saturated rings. The van der Waals surface area contributed by atoms with Gasteiger partial charge in [-0.05, 0) is 67.6 Å². The fourth-order valence-electron chi connectivity index (χ4n) is 5.11. The van der Waals surface area contributed by atoms with Crippen LogP contribution in [-0.4, -0.2) is 44.0 Å². The number of furan rings is 1. The average molecular weight is 481 g/mol. The minimum Gasteiger partial charge on any atom is -0.456 e. The molecule has 0 aliphatic carbocycles. The zero-order chi connectivity index (χ0) is 24.9. The van der Waals surface area contributed by atoms with E-state index in [0.717, 1.165) is 44.3 Å². The number of hydrogen-bond acceptors (Lipinski definition) is 5. The van der Waals surface area contributed by atoms with Gasteiger partial charge in [-0.15, -0.1) is 5.10 Å². The van der Waals surface area contributed by atoms with Crippen LogP contribution in [0.5, 0.6) is 0 Å². The Bertz CT molecular complexity index is 1590. The first-order valence-electron chi connectivity index (χ1n) is 12.3. The summed E-state index contributed by atoms with van der Waals surface area (Å²) in [4.78, 5) is 14.9. The lowest BCUT2D eigenvalue weighted by molar-refractivity contribution is -0.135. The molecule has 0 bridgehead atoms. The predicted octanol–water partition coefficient (Wildman–Crippen LogP) is 4.84. The van der Waals surface area contributed by atoms with Crippen LogP contribution in [0.15, 0.2) is 71.3 Å². The van der Waals surface area contributed by atoms with Gasteiger partial charge in [0, 0.05) is 23.9 Å². The number of piperidine rings is 1. The number of benzene rings is 3. The monoisotopic (exact) mass is 480 g/mol. The number of carbonyl (C=O) groups excluding carboxylic acids is 1. The summed E-state index contributed by atoms with van der Waals surface area (Å²) < 4.78 is 7.63. The molecular formula is C29H28N4O3. The van der Waals surface area contributed by atoms with E-state index in [1.807, 2.05) is 67.4 Å². The Morgan fingerprint density at radius 3 is 2.61 bits per heavy atom. The van der Waals surface area contributed by atoms with Crippen molar-refractivity contribution >= 4 is 27.8 Å². The van der Waals surface area contributed by atoms with Gasteiger partial charge in [0.05, 0.1) is 18.3 Å². The van der Waals surface area contributed by atoms with E-state index >= 15 is 0 Å². The maximum Gasteiger partial charge on any atom is 0.226 e. The lowest BCUT2D eigenvalue weighted by Gasteiger charge is -2.37. The van der Waals surface area contributed by atoms with Gasteiger partial charge in [0.1, 0.15) is 22.5 Å². The highest BCUT2D eigenvalue weighted by Crippen LogP contribution is 2.33. The number of para-hydroxylation sites is 1. The van der Waals surface area contributed by atoms with Gasteiger partial charge >= 0.3 is 0 Å². The van der Waals surface area contributed by atoms with Crippen LogP contribution in [0.2, 0.25) is 0 Å². The van der Waals surface area contributed by atoms with E-state index in [1.165, 1.54) is 0 Å². The molecule has 6 rings (SSSR count). The van der Waals surface area contributed by atoms with Crippen LogP contribution in [0.1, 0.15) is 35.2 Å². The fourth-order valence-corrected chi connectivity index (χ4v) is 5.11. The molecule has 36 heavy (non-hydrogen) atoms. The fraction of sp³-hybridized carbons (Fsp3) is 0.276. The van der Waals surface area contributed by atoms with Crippen molar-refractivity contribution in [3.63, 3.8) is 0 Å². The van der Waals surface area contributed by atoms with Gasteiger partial charge in [0.25, 0.3) is 0 Å². The molecule has 1 aliphatic rings. The molecule has 0 unspecified atom stereocenters. The van der Waals surface area contributed by atoms with Crippen molar-refractivity contribution in [3.05, 3.63) is 89.2 Å². The van der Waals surface area contributed by atoms with E-state index in [1.54, 1.807) is 4.68 Å². The van der Waals surface area contributed by atoms with Crippen LogP contribution in [0.4, 0.5) is 0 Å². The zero-order valence-corrected chi connectivity index (χ0v) is 20.4. The number of hydrogen-bond donors (Lipinski definition) is 1. The smallest absolute Gasteiger partial charge is 0.226 e. The molecule has 1 amide bonds. The molecule has 2 aromatic heterocycles. The molecule has 182 valence electrons. The summed E-state index contributed by atoms with van der Waals surface area (Å²) in [7, 11) is 0. The number of aryl methyl sites for hydroxylation is 2. The van der Waals surface area contributed by atoms with Crippen LogP contribution in [0.3, 0.4) is 0 Å². The lowest BCUT2D eigenvalue weighted by atomic mass is 9.88. The molecule has 0 radical (unpaired) electrons. The SMILES string of the molecule is Cc1ccc(C)c(-n2cc(C3(O)CCN(C(=O)Cc4ccc5oc6ccccc6c5c4)CC3)nn2)c1. The van der Waals surface area contributed by atoms with E-state index in [2.05, 4.69) is 28.5 Å². The molecule has 0 atom stereocenters. The standard InChI is InChI=1S/C29H28N4O3/c1-19-7-8-20(2)24(15-19)33-18-27(30-31-33)29(35)11-13-32(14-12-29)28(34)17-21-9-10-26-23(16-21)22-5-3-4-6-25(22)36-26/h3-10,15-16,18,35H,11-14,17H2,1-2H3. The number of likely N-dealkylation sites (tertiary alicyclic amines) is 1. The van der Waals surface area contributed by atoms with Gasteiger partial charge in [-0.3, -0.25) is 4.79 Å². The van der Waals surface area contributed by atoms with Crippen molar-refractivity contribution < 1.29 is 14.3 Å². The Morgan fingerprint density at radius 2 is 1.78 bits per heavy atom. The van der Waals surface area contributed by atoms with Gasteiger partial charge < -0.3 is 14.4 Å². The van der Waals surface area contributed by atoms with Crippen LogP contribution in [0.25, 0.3) is 27.6 Å². The van der Waals surface area contributed by atoms with Gasteiger partial charge in [0.15, 0.2) is 0 Å². The second-order valence-corrected chi connectivity index (χ2v) is 9.86. The lowest BCUT2D eigenvalue weighted by Crippen LogP contribution is -2.45. The highest BCUT2D eigenvalue weighted by atomic mass is 16.3. The Morgan fingerprint density at radius 1 is 1.00 bits per heavy atom. The molecule has 3 aromatic carbocycles. The van der Waals surface area contributed by atoms with Crippen LogP contribution < -0.4 is 0 Å². The molecule has 1 N–H and O–H groups in total. The van der Waals surface area contributed by atoms with E-state index < -0.39 is 5.60 Å². The first-order chi connectivity index (χ1) is 17.4. The van der Waals surface area contributed by atoms with E-state index in [-0.39, 0.29) is 5.91 Å². The van der Waals surface area contributed by atoms with Crippen molar-refractivity contribution in [1.29, 1.82) is 0 Å². The molecule has 7 heteroatoms. The zero-order valence-electron chi connectivity index (χ0n) is 20.4. The Labute approximate surface area is 208 Å². The number of nitrogens with zero attached hydrogens (tertiary/aromatic N) is 4. The number of rotatable bonds is 4. The summed E-state index contributed by atoms with van der Waals surface area (Å²) in [6.45, 7) is 5.02. The van der Waals surface area contributed by atoms with Gasteiger partial charge in [-0.1, -0.05) is 41.6 Å². The maximum atomic E-state index is 13.1. The van der Waals surface area contributed by atoms with Gasteiger partial charge in [-0.25, -0.2) is 4.68 Å². The summed E-state index contributed by atoms with van der Waals surface area (Å²) >= 11 is 0. The van der Waals surface area contributed by atoms with Gasteiger partial charge in [0.2, 0.25) is 5.91 Å². The summed E-state index contributed by atoms with van der Waals surface area (Å²) in [6, 6.07) is 20.0. The van der Waals surface area contributed by atoms with Crippen molar-refractivity contribution in [1.82, 2.24) is 19.9 Å². The quantitative estimate of drug-likeness (QED) is 0.398. The molecular weight excluding hydrogens is 452 g/mol. The molecule has 1 aliphatic heterocycles. The largest absolute Gasteiger partial charge is 0.456 e. The van der Waals surface area contributed by atoms with Crippen LogP contribution >= 0.6 is 0 Å². The third-order valence-corrected chi connectivity index (χ3v) is 7.32. The number of aliphatic hydroxyl groups is 1. The Kier molecular flexibility index (Phi) is 5.38. The average Bonchev–Trinajstić information content (AvgIpc) is 3.52. The third-order valence-electron chi connectivity index (χ3n) is 7.32. The van der Waals surface area contributed by atoms with Crippen molar-refractivity contribution in [3.8, 4) is 5.69 Å². The van der Waals surface area contributed by atoms with Crippen molar-refractivity contribution in [2.45, 2.75) is 38.7 Å². The highest BCUT2D eigenvalue weighted by Gasteiger charge is 2.38. The van der Waals surface area contributed by atoms with E-state index in [4.69, 9.17) is 4.42 Å². The summed E-state index contributed by atoms with van der Waals surface area (Å²) in [5, 5.41) is 22.0. The highest BCUT2D eigenvalue weighted by molar-refractivity contribution is 6.05. The number of amides is 1.